The van der Waals surface area contributed by atoms with E-state index in [2.05, 4.69) is 5.32 Å². The molecule has 0 aromatic heterocycles. The molecule has 3 saturated carbocycles. The summed E-state index contributed by atoms with van der Waals surface area (Å²) in [6.07, 6.45) is 3.85. The summed E-state index contributed by atoms with van der Waals surface area (Å²) >= 11 is 0. The maximum Gasteiger partial charge on any atom is 0.317 e. The van der Waals surface area contributed by atoms with Gasteiger partial charge in [0.1, 0.15) is 0 Å². The van der Waals surface area contributed by atoms with Gasteiger partial charge in [-0.25, -0.2) is 0 Å². The van der Waals surface area contributed by atoms with Gasteiger partial charge in [0, 0.05) is 18.6 Å². The van der Waals surface area contributed by atoms with Gasteiger partial charge in [-0.15, -0.1) is 0 Å². The second-order valence-electron chi connectivity index (χ2n) is 8.21. The summed E-state index contributed by atoms with van der Waals surface area (Å²) in [5, 5.41) is 21.2. The molecule has 3 fully saturated rings. The highest BCUT2D eigenvalue weighted by atomic mass is 16.4. The topological polar surface area (TPSA) is 107 Å². The SMILES string of the molecule is CC1(C)[C@H](C(=O)O)[C@@H]1C(=O)NC1CC(N(CC(=O)O)CC2CC2)C1. The van der Waals surface area contributed by atoms with Crippen LogP contribution in [0.15, 0.2) is 0 Å². The molecule has 2 atom stereocenters. The zero-order valence-corrected chi connectivity index (χ0v) is 14.2. The third kappa shape index (κ3) is 3.41. The summed E-state index contributed by atoms with van der Waals surface area (Å²) in [7, 11) is 0. The minimum absolute atomic E-state index is 0.0313. The fourth-order valence-corrected chi connectivity index (χ4v) is 4.03. The van der Waals surface area contributed by atoms with Crippen LogP contribution in [-0.2, 0) is 14.4 Å². The van der Waals surface area contributed by atoms with Crippen molar-refractivity contribution >= 4 is 17.8 Å². The normalized spacial score (nSPS) is 33.6. The molecule has 3 N–H and O–H groups in total. The number of aliphatic carboxylic acids is 2. The van der Waals surface area contributed by atoms with Crippen LogP contribution in [0, 0.1) is 23.2 Å². The Balaban J connectivity index is 1.47. The van der Waals surface area contributed by atoms with E-state index in [4.69, 9.17) is 10.2 Å². The number of nitrogens with one attached hydrogen (secondary N) is 1. The molecule has 0 aliphatic heterocycles. The van der Waals surface area contributed by atoms with E-state index in [9.17, 15) is 14.4 Å². The number of hydrogen-bond acceptors (Lipinski definition) is 4. The molecule has 7 nitrogen and oxygen atoms in total. The van der Waals surface area contributed by atoms with Gasteiger partial charge in [0.25, 0.3) is 0 Å². The Morgan fingerprint density at radius 1 is 1.12 bits per heavy atom. The lowest BCUT2D eigenvalue weighted by Gasteiger charge is -2.42. The molecule has 0 aromatic rings. The maximum atomic E-state index is 12.3. The second kappa shape index (κ2) is 6.02. The van der Waals surface area contributed by atoms with Crippen molar-refractivity contribution in [1.29, 1.82) is 0 Å². The van der Waals surface area contributed by atoms with Gasteiger partial charge in [-0.3, -0.25) is 19.3 Å². The number of carbonyl (C=O) groups is 3. The van der Waals surface area contributed by atoms with Crippen LogP contribution in [0.3, 0.4) is 0 Å². The number of nitrogens with zero attached hydrogens (tertiary/aromatic N) is 1. The number of rotatable bonds is 8. The van der Waals surface area contributed by atoms with E-state index in [-0.39, 0.29) is 24.5 Å². The third-order valence-corrected chi connectivity index (χ3v) is 5.88. The highest BCUT2D eigenvalue weighted by Gasteiger charge is 2.66. The molecular formula is C17H26N2O5. The summed E-state index contributed by atoms with van der Waals surface area (Å²) < 4.78 is 0. The lowest BCUT2D eigenvalue weighted by Crippen LogP contribution is -2.55. The van der Waals surface area contributed by atoms with Crippen molar-refractivity contribution in [2.75, 3.05) is 13.1 Å². The van der Waals surface area contributed by atoms with Gasteiger partial charge in [0.05, 0.1) is 18.4 Å². The van der Waals surface area contributed by atoms with Gasteiger partial charge in [-0.1, -0.05) is 13.8 Å². The number of carbonyl (C=O) groups excluding carboxylic acids is 1. The van der Waals surface area contributed by atoms with E-state index < -0.39 is 29.2 Å². The Morgan fingerprint density at radius 2 is 1.75 bits per heavy atom. The average molecular weight is 338 g/mol. The van der Waals surface area contributed by atoms with Crippen LogP contribution >= 0.6 is 0 Å². The molecule has 0 heterocycles. The Labute approximate surface area is 141 Å². The minimum atomic E-state index is -0.913. The maximum absolute atomic E-state index is 12.3. The van der Waals surface area contributed by atoms with E-state index in [0.29, 0.717) is 5.92 Å². The summed E-state index contributed by atoms with van der Waals surface area (Å²) in [4.78, 5) is 36.5. The molecule has 0 radical (unpaired) electrons. The first-order valence-corrected chi connectivity index (χ1v) is 8.69. The lowest BCUT2D eigenvalue weighted by atomic mass is 9.85. The molecule has 0 saturated heterocycles. The quantitative estimate of drug-likeness (QED) is 0.604. The summed E-state index contributed by atoms with van der Waals surface area (Å²) in [6, 6.07) is 0.235. The molecule has 0 aromatic carbocycles. The standard InChI is InChI=1S/C17H26N2O5/c1-17(2)13(14(17)16(23)24)15(22)18-10-5-11(6-10)19(8-12(20)21)7-9-3-4-9/h9-11,13-14H,3-8H2,1-2H3,(H,18,22)(H,20,21)(H,23,24)/t10?,11?,13-,14+/m1/s1. The van der Waals surface area contributed by atoms with Gasteiger partial charge in [0.2, 0.25) is 5.91 Å². The van der Waals surface area contributed by atoms with E-state index >= 15 is 0 Å². The van der Waals surface area contributed by atoms with Crippen LogP contribution in [-0.4, -0.2) is 58.1 Å². The summed E-state index contributed by atoms with van der Waals surface area (Å²) in [6.45, 7) is 4.50. The molecule has 0 spiro atoms. The largest absolute Gasteiger partial charge is 0.481 e. The first-order valence-electron chi connectivity index (χ1n) is 8.69. The van der Waals surface area contributed by atoms with Crippen molar-refractivity contribution in [2.45, 2.75) is 51.6 Å². The molecule has 0 bridgehead atoms. The van der Waals surface area contributed by atoms with Crippen molar-refractivity contribution < 1.29 is 24.6 Å². The second-order valence-corrected chi connectivity index (χ2v) is 8.21. The number of amides is 1. The van der Waals surface area contributed by atoms with Gasteiger partial charge >= 0.3 is 11.9 Å². The van der Waals surface area contributed by atoms with E-state index in [1.165, 1.54) is 12.8 Å². The molecule has 3 rings (SSSR count). The van der Waals surface area contributed by atoms with E-state index in [1.54, 1.807) is 0 Å². The predicted octanol–water partition coefficient (Wildman–Crippen LogP) is 0.787. The number of hydrogen-bond donors (Lipinski definition) is 3. The number of carboxylic acid groups (broad SMARTS) is 2. The summed E-state index contributed by atoms with van der Waals surface area (Å²) in [5.41, 5.74) is -0.486. The van der Waals surface area contributed by atoms with Gasteiger partial charge < -0.3 is 15.5 Å². The molecule has 3 aliphatic carbocycles. The van der Waals surface area contributed by atoms with Crippen molar-refractivity contribution in [3.8, 4) is 0 Å². The van der Waals surface area contributed by atoms with Crippen LogP contribution in [0.1, 0.15) is 39.5 Å². The fourth-order valence-electron chi connectivity index (χ4n) is 4.03. The third-order valence-electron chi connectivity index (χ3n) is 5.88. The number of carboxylic acids is 2. The Kier molecular flexibility index (Phi) is 4.32. The minimum Gasteiger partial charge on any atom is -0.481 e. The van der Waals surface area contributed by atoms with Crippen LogP contribution in [0.4, 0.5) is 0 Å². The molecular weight excluding hydrogens is 312 g/mol. The molecule has 7 heteroatoms. The van der Waals surface area contributed by atoms with E-state index in [0.717, 1.165) is 19.4 Å². The monoisotopic (exact) mass is 338 g/mol. The van der Waals surface area contributed by atoms with Crippen LogP contribution in [0.2, 0.25) is 0 Å². The molecule has 0 unspecified atom stereocenters. The van der Waals surface area contributed by atoms with Crippen LogP contribution < -0.4 is 5.32 Å². The summed E-state index contributed by atoms with van der Waals surface area (Å²) in [5.74, 6) is -2.34. The van der Waals surface area contributed by atoms with Crippen molar-refractivity contribution in [3.05, 3.63) is 0 Å². The predicted molar refractivity (Wildman–Crippen MR) is 85.3 cm³/mol. The van der Waals surface area contributed by atoms with Crippen molar-refractivity contribution in [3.63, 3.8) is 0 Å². The molecule has 3 aliphatic rings. The van der Waals surface area contributed by atoms with Gasteiger partial charge in [-0.2, -0.15) is 0 Å². The highest BCUT2D eigenvalue weighted by Crippen LogP contribution is 2.58. The zero-order valence-electron chi connectivity index (χ0n) is 14.2. The van der Waals surface area contributed by atoms with Gasteiger partial charge in [-0.05, 0) is 37.0 Å². The lowest BCUT2D eigenvalue weighted by molar-refractivity contribution is -0.140. The van der Waals surface area contributed by atoms with Crippen LogP contribution in [0.5, 0.6) is 0 Å². The Bertz CT molecular complexity index is 551. The van der Waals surface area contributed by atoms with E-state index in [1.807, 2.05) is 18.7 Å². The van der Waals surface area contributed by atoms with Gasteiger partial charge in [0.15, 0.2) is 0 Å². The highest BCUT2D eigenvalue weighted by molar-refractivity contribution is 5.91. The first-order chi connectivity index (χ1) is 11.2. The Morgan fingerprint density at radius 3 is 2.21 bits per heavy atom. The molecule has 134 valence electrons. The van der Waals surface area contributed by atoms with Crippen molar-refractivity contribution in [1.82, 2.24) is 10.2 Å². The Hall–Kier alpha value is -1.63. The first kappa shape index (κ1) is 17.2. The smallest absolute Gasteiger partial charge is 0.317 e. The zero-order chi connectivity index (χ0) is 17.6. The average Bonchev–Trinajstić information content (AvgIpc) is 3.28. The van der Waals surface area contributed by atoms with Crippen molar-refractivity contribution in [2.24, 2.45) is 23.2 Å². The molecule has 24 heavy (non-hydrogen) atoms. The van der Waals surface area contributed by atoms with Crippen LogP contribution in [0.25, 0.3) is 0 Å². The fraction of sp³-hybridized carbons (Fsp3) is 0.824. The molecule has 1 amide bonds.